The van der Waals surface area contributed by atoms with Gasteiger partial charge in [-0.15, -0.1) is 0 Å². The van der Waals surface area contributed by atoms with E-state index in [1.807, 2.05) is 224 Å². The van der Waals surface area contributed by atoms with Gasteiger partial charge in [-0.2, -0.15) is 0 Å². The summed E-state index contributed by atoms with van der Waals surface area (Å²) in [5, 5.41) is 45.6. The van der Waals surface area contributed by atoms with Gasteiger partial charge in [0.2, 0.25) is 17.7 Å². The second kappa shape index (κ2) is 56.5. The lowest BCUT2D eigenvalue weighted by Gasteiger charge is -2.38. The van der Waals surface area contributed by atoms with Gasteiger partial charge >= 0.3 is 5.97 Å². The third-order valence-corrected chi connectivity index (χ3v) is 24.2. The number of nitrogens with zero attached hydrogens (tertiary/aromatic N) is 9. The number of carboxylic acids is 1. The monoisotopic (exact) mass is 1850 g/mol. The minimum atomic E-state index is -1.11. The summed E-state index contributed by atoms with van der Waals surface area (Å²) >= 11 is 0. The van der Waals surface area contributed by atoms with Crippen molar-refractivity contribution in [2.24, 2.45) is 21.7 Å². The second-order valence-corrected chi connectivity index (χ2v) is 33.1. The zero-order chi connectivity index (χ0) is 96.1. The van der Waals surface area contributed by atoms with Crippen LogP contribution in [0.3, 0.4) is 0 Å². The van der Waals surface area contributed by atoms with Crippen LogP contribution in [-0.2, 0) is 59.8 Å². The number of aliphatic carboxylic acids is 1. The van der Waals surface area contributed by atoms with E-state index in [9.17, 15) is 44.1 Å². The number of ketones is 2. The Morgan fingerprint density at radius 1 is 0.348 bits per heavy atom. The topological polar surface area (TPSA) is 426 Å². The van der Waals surface area contributed by atoms with E-state index < -0.39 is 47.6 Å². The minimum absolute atomic E-state index is 0. The normalized spacial score (nSPS) is 16.1. The molecule has 0 saturated carbocycles. The number of Topliss-reactive ketones (excluding diaryl/α,β-unsaturated/α-hetero) is 2. The summed E-state index contributed by atoms with van der Waals surface area (Å²) in [4.78, 5) is 82.6. The minimum Gasteiger partial charge on any atom is -0.497 e. The summed E-state index contributed by atoms with van der Waals surface area (Å²) in [6, 6.07) is 76.3. The number of likely N-dealkylation sites (tertiary alicyclic amines) is 3. The first-order chi connectivity index (χ1) is 65.1. The van der Waals surface area contributed by atoms with E-state index in [0.717, 1.165) is 142 Å². The van der Waals surface area contributed by atoms with E-state index in [1.54, 1.807) is 57.4 Å². The highest BCUT2D eigenvalue weighted by atomic mass is 16.5. The summed E-state index contributed by atoms with van der Waals surface area (Å²) in [5.74, 6) is 3.37. The number of nitrogens with two attached hydrogens (primary N) is 2. The molecule has 9 aromatic rings. The highest BCUT2D eigenvalue weighted by molar-refractivity contribution is 5.81. The Morgan fingerprint density at radius 2 is 0.578 bits per heavy atom. The van der Waals surface area contributed by atoms with Gasteiger partial charge in [0.1, 0.15) is 69.4 Å². The Kier molecular flexibility index (Phi) is 45.0. The maximum absolute atomic E-state index is 13.4. The first-order valence-electron chi connectivity index (χ1n) is 45.7. The zero-order valence-electron chi connectivity index (χ0n) is 77.6. The predicted molar refractivity (Wildman–Crippen MR) is 520 cm³/mol. The van der Waals surface area contributed by atoms with Crippen LogP contribution >= 0.6 is 0 Å². The van der Waals surface area contributed by atoms with Crippen molar-refractivity contribution in [3.8, 4) is 34.5 Å². The van der Waals surface area contributed by atoms with Gasteiger partial charge in [-0.1, -0.05) is 214 Å². The predicted octanol–water partition coefficient (Wildman–Crippen LogP) is 16.8. The fraction of sp³-hybridized carbons (Fsp3) is 0.429. The van der Waals surface area contributed by atoms with Crippen molar-refractivity contribution in [2.75, 3.05) is 108 Å². The van der Waals surface area contributed by atoms with Crippen molar-refractivity contribution in [3.63, 3.8) is 0 Å². The number of amides is 3. The number of benzene rings is 9. The molecule has 0 bridgehead atoms. The van der Waals surface area contributed by atoms with E-state index in [2.05, 4.69) is 32.2 Å². The number of unbranched alkanes of at least 4 members (excludes halogenated alkanes) is 8. The van der Waals surface area contributed by atoms with Crippen LogP contribution in [0.2, 0.25) is 0 Å². The quantitative estimate of drug-likeness (QED) is 0.00678. The Balaban J connectivity index is 0.000000267. The Bertz CT molecular complexity index is 5020. The van der Waals surface area contributed by atoms with Gasteiger partial charge in [0, 0.05) is 63.0 Å². The largest absolute Gasteiger partial charge is 0.497 e. The van der Waals surface area contributed by atoms with Gasteiger partial charge in [-0.05, 0) is 198 Å². The van der Waals surface area contributed by atoms with Crippen molar-refractivity contribution < 1.29 is 93.3 Å². The third kappa shape index (κ3) is 30.7. The van der Waals surface area contributed by atoms with Crippen molar-refractivity contribution in [2.45, 2.75) is 183 Å². The van der Waals surface area contributed by atoms with Crippen molar-refractivity contribution >= 4 is 35.3 Å². The standard InChI is InChI=1S/C35H42N4O6.C35H44N2O6.C32H40N2O5.C2H3N3O2.CH4.H2/c1-43-32-18-14-27(15-19-32)35(26-10-6-5-7-11-26,28-16-20-33(44-2)21-17-28)45-25-29-22-31(41)24-39(29)34(42)13-9-4-3-8-12-30(40)23-37-38-36;1-41-32-18-14-27(15-19-32)35(26-10-6-5-7-11-26,28-16-20-33(42-2)21-17-28)43-25-29-22-31(39)24-37(29)34(40)13-9-4-3-8-12-30(38)23-36;1-37-29-16-12-25(13-17-29)32(24-9-5-3-6-10-24,26-14-18-30(38-2)19-15-26)39-23-27-21-28(35)22-34(27)31(36)11-7-4-8-20-33;3-5-4-1-2(6)7;;/h5-7,10-11,14-21,29,31,41H,3-4,8-9,12-13,22-25H2,1-2H3;5-7,10-11,14-21,29,31,39H,3-4,8-9,12-13,22-25,36H2,1-2H3;3,5-6,9-10,12-19,27-28,35H,4,7-8,11,20-23,33H2,1-2H3;1H2,(H,6,7);1H4;1H/t2*29-,31+;27-,28+;;;/m000.../s1. The molecule has 0 aromatic heterocycles. The second-order valence-electron chi connectivity index (χ2n) is 33.1. The molecule has 3 amide bonds. The number of aliphatic hydroxyl groups excluding tert-OH is 3. The summed E-state index contributed by atoms with van der Waals surface area (Å²) in [7, 11) is 9.83. The van der Waals surface area contributed by atoms with Crippen LogP contribution in [-0.4, -0.2) is 215 Å². The summed E-state index contributed by atoms with van der Waals surface area (Å²) in [6.45, 7) is 1.72. The molecule has 3 fully saturated rings. The van der Waals surface area contributed by atoms with Gasteiger partial charge in [-0.3, -0.25) is 28.8 Å². The number of aliphatic hydroxyl groups is 3. The van der Waals surface area contributed by atoms with Crippen LogP contribution in [0.15, 0.2) is 247 Å². The Labute approximate surface area is 793 Å². The molecule has 0 aliphatic carbocycles. The first kappa shape index (κ1) is 108. The molecule has 3 aliphatic rings. The molecule has 3 saturated heterocycles. The van der Waals surface area contributed by atoms with E-state index in [1.165, 1.54) is 0 Å². The fourth-order valence-corrected chi connectivity index (χ4v) is 17.3. The molecule has 3 heterocycles. The molecule has 724 valence electrons. The molecule has 30 heteroatoms. The lowest BCUT2D eigenvalue weighted by atomic mass is 9.80. The number of rotatable bonds is 48. The van der Waals surface area contributed by atoms with E-state index in [4.69, 9.17) is 70.3 Å². The SMILES string of the molecule is C.COc1ccc(C(OC[C@@H]2C[C@@H](O)CN2C(=O)CCCCCCC(=O)CN)(c2ccccc2)c2ccc(OC)cc2)cc1.COc1ccc(C(OC[C@@H]2C[C@@H](O)CN2C(=O)CCCCCCC(=O)CN=[N+]=[N-])(c2ccccc2)c2ccc(OC)cc2)cc1.COc1ccc(C(OC[C@@H]2C[C@@H](O)CN2C(=O)CCCCCN)(c2ccccc2)c2ccc(OC)cc2)cc1.[HH].[N-]=[N+]=NCC(=O)O. The van der Waals surface area contributed by atoms with E-state index in [-0.39, 0.29) is 95.7 Å². The number of ether oxygens (including phenoxy) is 9. The number of carboxylic acid groups (broad SMARTS) is 1. The molecule has 9 aromatic carbocycles. The van der Waals surface area contributed by atoms with Crippen molar-refractivity contribution in [1.29, 1.82) is 0 Å². The molecule has 8 N–H and O–H groups in total. The number of carbonyl (C=O) groups excluding carboxylic acids is 5. The van der Waals surface area contributed by atoms with Crippen molar-refractivity contribution in [1.82, 2.24) is 14.7 Å². The number of carbonyl (C=O) groups is 6. The smallest absolute Gasteiger partial charge is 0.309 e. The number of azide groups is 2. The Hall–Kier alpha value is -12.7. The molecule has 30 nitrogen and oxygen atoms in total. The number of β-amino-alcohol motifs (C(OH)–C–C–N with tert-alkyl or cyclic N) is 3. The molecular formula is C105H135N11O19. The lowest BCUT2D eigenvalue weighted by Crippen LogP contribution is -2.42. The van der Waals surface area contributed by atoms with Gasteiger partial charge < -0.3 is 89.2 Å². The van der Waals surface area contributed by atoms with Crippen LogP contribution in [0.5, 0.6) is 34.5 Å². The van der Waals surface area contributed by atoms with E-state index >= 15 is 0 Å². The average Bonchev–Trinajstić information content (AvgIpc) is 0.936. The van der Waals surface area contributed by atoms with Crippen LogP contribution in [0.25, 0.3) is 20.9 Å². The van der Waals surface area contributed by atoms with Gasteiger partial charge in [-0.25, -0.2) is 0 Å². The maximum atomic E-state index is 13.4. The molecule has 0 radical (unpaired) electrons. The molecule has 3 aliphatic heterocycles. The third-order valence-electron chi connectivity index (χ3n) is 24.2. The summed E-state index contributed by atoms with van der Waals surface area (Å²) < 4.78 is 53.6. The molecule has 135 heavy (non-hydrogen) atoms. The Morgan fingerprint density at radius 3 is 0.800 bits per heavy atom. The average molecular weight is 1860 g/mol. The van der Waals surface area contributed by atoms with Gasteiger partial charge in [0.15, 0.2) is 0 Å². The maximum Gasteiger partial charge on any atom is 0.309 e. The fourth-order valence-electron chi connectivity index (χ4n) is 17.3. The van der Waals surface area contributed by atoms with E-state index in [0.29, 0.717) is 83.8 Å². The summed E-state index contributed by atoms with van der Waals surface area (Å²) in [6.07, 6.45) is 10.5. The van der Waals surface area contributed by atoms with Gasteiger partial charge in [0.25, 0.3) is 0 Å². The van der Waals surface area contributed by atoms with Crippen molar-refractivity contribution in [3.05, 3.63) is 308 Å². The number of hydrogen-bond acceptors (Lipinski definition) is 22. The zero-order valence-corrected chi connectivity index (χ0v) is 77.6. The molecule has 12 rings (SSSR count). The van der Waals surface area contributed by atoms with Gasteiger partial charge in [0.05, 0.1) is 112 Å². The van der Waals surface area contributed by atoms with Crippen LogP contribution < -0.4 is 39.9 Å². The lowest BCUT2D eigenvalue weighted by molar-refractivity contribution is -0.136. The highest BCUT2D eigenvalue weighted by Crippen LogP contribution is 2.47. The highest BCUT2D eigenvalue weighted by Gasteiger charge is 2.46. The summed E-state index contributed by atoms with van der Waals surface area (Å²) in [5.41, 5.74) is 32.1. The van der Waals surface area contributed by atoms with Crippen LogP contribution in [0.4, 0.5) is 0 Å². The number of hydrogen-bond donors (Lipinski definition) is 6. The molecule has 6 atom stereocenters. The van der Waals surface area contributed by atoms with Crippen LogP contribution in [0.1, 0.15) is 181 Å². The van der Waals surface area contributed by atoms with Crippen LogP contribution in [0, 0.1) is 0 Å². The molecule has 0 unspecified atom stereocenters. The number of methoxy groups -OCH3 is 6. The molecule has 0 spiro atoms. The molecular weight excluding hydrogens is 1720 g/mol. The first-order valence-corrected chi connectivity index (χ1v) is 45.7.